The first kappa shape index (κ1) is 22.7. The highest BCUT2D eigenvalue weighted by Crippen LogP contribution is 2.36. The number of rotatable bonds is 8. The third-order valence-corrected chi connectivity index (χ3v) is 6.46. The maximum atomic E-state index is 12.8. The van der Waals surface area contributed by atoms with Crippen molar-refractivity contribution < 1.29 is 18.7 Å². The number of hydrogen-bond acceptors (Lipinski definition) is 5. The van der Waals surface area contributed by atoms with Gasteiger partial charge in [-0.3, -0.25) is 9.59 Å². The Morgan fingerprint density at radius 2 is 1.80 bits per heavy atom. The number of ketones is 1. The number of nitrogens with one attached hydrogen (secondary N) is 1. The van der Waals surface area contributed by atoms with Gasteiger partial charge in [-0.1, -0.05) is 42.5 Å². The lowest BCUT2D eigenvalue weighted by Crippen LogP contribution is -2.30. The Morgan fingerprint density at radius 1 is 0.971 bits per heavy atom. The van der Waals surface area contributed by atoms with Gasteiger partial charge < -0.3 is 20.2 Å². The van der Waals surface area contributed by atoms with E-state index in [2.05, 4.69) is 11.4 Å². The van der Waals surface area contributed by atoms with E-state index in [0.29, 0.717) is 29.8 Å². The van der Waals surface area contributed by atoms with Crippen LogP contribution in [0.4, 0.5) is 5.69 Å². The Bertz CT molecular complexity index is 1390. The maximum absolute atomic E-state index is 12.8. The standard InChI is InChI=1S/C29H28N2O4/c30-21-9-5-8-20(17-21)25(32)18-31-29(33)22-10-2-1-7-19(22)15-16-34-27-14-6-12-24-23-11-3-4-13-26(23)35-28(24)27/h1-2,5-10,12,14,17H,3-4,11,13,15-16,18,30H2,(H,31,33). The van der Waals surface area contributed by atoms with Gasteiger partial charge in [-0.25, -0.2) is 0 Å². The highest BCUT2D eigenvalue weighted by Gasteiger charge is 2.20. The van der Waals surface area contributed by atoms with Crippen molar-refractivity contribution in [3.05, 3.63) is 94.7 Å². The lowest BCUT2D eigenvalue weighted by atomic mass is 9.96. The van der Waals surface area contributed by atoms with E-state index in [1.54, 1.807) is 30.3 Å². The molecule has 0 bridgehead atoms. The summed E-state index contributed by atoms with van der Waals surface area (Å²) in [6.07, 6.45) is 4.92. The Hall–Kier alpha value is -4.06. The van der Waals surface area contributed by atoms with E-state index < -0.39 is 0 Å². The second kappa shape index (κ2) is 10.1. The molecule has 1 aliphatic carbocycles. The smallest absolute Gasteiger partial charge is 0.251 e. The number of Topliss-reactive ketones (excluding diaryl/α,β-unsaturated/α-hetero) is 1. The van der Waals surface area contributed by atoms with Gasteiger partial charge in [-0.05, 0) is 49.1 Å². The molecule has 3 aromatic carbocycles. The zero-order valence-corrected chi connectivity index (χ0v) is 19.5. The normalized spacial score (nSPS) is 12.8. The first-order valence-electron chi connectivity index (χ1n) is 12.0. The lowest BCUT2D eigenvalue weighted by Gasteiger charge is -2.11. The summed E-state index contributed by atoms with van der Waals surface area (Å²) >= 11 is 0. The minimum atomic E-state index is -0.293. The predicted molar refractivity (Wildman–Crippen MR) is 136 cm³/mol. The van der Waals surface area contributed by atoms with Crippen LogP contribution in [0.15, 0.2) is 71.1 Å². The molecule has 178 valence electrons. The van der Waals surface area contributed by atoms with Crippen molar-refractivity contribution in [3.63, 3.8) is 0 Å². The molecule has 6 heteroatoms. The molecule has 3 N–H and O–H groups in total. The molecule has 0 radical (unpaired) electrons. The quantitative estimate of drug-likeness (QED) is 0.276. The van der Waals surface area contributed by atoms with Gasteiger partial charge in [-0.2, -0.15) is 0 Å². The van der Waals surface area contributed by atoms with Gasteiger partial charge in [-0.15, -0.1) is 0 Å². The molecule has 1 heterocycles. The number of carbonyl (C=O) groups excluding carboxylic acids is 2. The van der Waals surface area contributed by atoms with Crippen LogP contribution in [0, 0.1) is 0 Å². The van der Waals surface area contributed by atoms with Crippen LogP contribution in [0.1, 0.15) is 50.4 Å². The lowest BCUT2D eigenvalue weighted by molar-refractivity contribution is 0.0903. The first-order chi connectivity index (χ1) is 17.1. The molecule has 0 fully saturated rings. The summed E-state index contributed by atoms with van der Waals surface area (Å²) in [7, 11) is 0. The van der Waals surface area contributed by atoms with Crippen molar-refractivity contribution >= 4 is 28.3 Å². The van der Waals surface area contributed by atoms with Crippen molar-refractivity contribution in [2.24, 2.45) is 0 Å². The molecule has 6 nitrogen and oxygen atoms in total. The fraction of sp³-hybridized carbons (Fsp3) is 0.241. The van der Waals surface area contributed by atoms with Crippen LogP contribution in [0.25, 0.3) is 11.0 Å². The van der Waals surface area contributed by atoms with Crippen molar-refractivity contribution in [3.8, 4) is 5.75 Å². The number of nitrogen functional groups attached to an aromatic ring is 1. The van der Waals surface area contributed by atoms with Crippen LogP contribution < -0.4 is 15.8 Å². The second-order valence-corrected chi connectivity index (χ2v) is 8.83. The number of hydrogen-bond donors (Lipinski definition) is 2. The van der Waals surface area contributed by atoms with Gasteiger partial charge in [0.15, 0.2) is 17.1 Å². The molecule has 0 saturated heterocycles. The minimum absolute atomic E-state index is 0.0989. The highest BCUT2D eigenvalue weighted by atomic mass is 16.5. The van der Waals surface area contributed by atoms with Crippen molar-refractivity contribution in [1.82, 2.24) is 5.32 Å². The molecule has 0 spiro atoms. The predicted octanol–water partition coefficient (Wildman–Crippen LogP) is 5.13. The summed E-state index contributed by atoms with van der Waals surface area (Å²) in [5.41, 5.74) is 10.2. The average molecular weight is 469 g/mol. The zero-order valence-electron chi connectivity index (χ0n) is 19.5. The number of amides is 1. The number of carbonyl (C=O) groups is 2. The van der Waals surface area contributed by atoms with E-state index in [4.69, 9.17) is 14.9 Å². The summed E-state index contributed by atoms with van der Waals surface area (Å²) in [5, 5.41) is 3.87. The van der Waals surface area contributed by atoms with Gasteiger partial charge in [0.1, 0.15) is 5.76 Å². The molecule has 1 aromatic heterocycles. The van der Waals surface area contributed by atoms with Crippen LogP contribution in [-0.4, -0.2) is 24.8 Å². The fourth-order valence-corrected chi connectivity index (χ4v) is 4.67. The van der Waals surface area contributed by atoms with Crippen molar-refractivity contribution in [1.29, 1.82) is 0 Å². The summed E-state index contributed by atoms with van der Waals surface area (Å²) in [6.45, 7) is 0.301. The molecule has 0 unspecified atom stereocenters. The van der Waals surface area contributed by atoms with Gasteiger partial charge in [0, 0.05) is 40.6 Å². The Labute approximate surface area is 204 Å². The fourth-order valence-electron chi connectivity index (χ4n) is 4.67. The number of anilines is 1. The molecule has 1 amide bonds. The number of furan rings is 1. The Kier molecular flexibility index (Phi) is 6.53. The summed E-state index contributed by atoms with van der Waals surface area (Å²) in [6, 6.07) is 20.1. The molecule has 4 aromatic rings. The molecule has 0 aliphatic heterocycles. The van der Waals surface area contributed by atoms with Crippen LogP contribution in [0.5, 0.6) is 5.75 Å². The average Bonchev–Trinajstić information content (AvgIpc) is 3.27. The SMILES string of the molecule is Nc1cccc(C(=O)CNC(=O)c2ccccc2CCOc2cccc3c4c(oc23)CCCC4)c1. The third-order valence-electron chi connectivity index (χ3n) is 6.46. The third kappa shape index (κ3) is 4.92. The number of fused-ring (bicyclic) bond motifs is 3. The van der Waals surface area contributed by atoms with Crippen LogP contribution in [0.3, 0.4) is 0 Å². The van der Waals surface area contributed by atoms with Crippen LogP contribution in [-0.2, 0) is 19.3 Å². The van der Waals surface area contributed by atoms with Crippen LogP contribution in [0.2, 0.25) is 0 Å². The number of aryl methyl sites for hydroxylation is 2. The summed E-state index contributed by atoms with van der Waals surface area (Å²) in [5.74, 6) is 1.32. The summed E-state index contributed by atoms with van der Waals surface area (Å²) < 4.78 is 12.3. The highest BCUT2D eigenvalue weighted by molar-refractivity contribution is 6.03. The van der Waals surface area contributed by atoms with E-state index in [0.717, 1.165) is 47.3 Å². The van der Waals surface area contributed by atoms with Gasteiger partial charge in [0.25, 0.3) is 5.91 Å². The maximum Gasteiger partial charge on any atom is 0.251 e. The minimum Gasteiger partial charge on any atom is -0.489 e. The van der Waals surface area contributed by atoms with Crippen molar-refractivity contribution in [2.75, 3.05) is 18.9 Å². The molecule has 1 aliphatic rings. The molecule has 0 saturated carbocycles. The molecule has 35 heavy (non-hydrogen) atoms. The van der Waals surface area contributed by atoms with Gasteiger partial charge >= 0.3 is 0 Å². The van der Waals surface area contributed by atoms with E-state index in [-0.39, 0.29) is 18.2 Å². The molecule has 5 rings (SSSR count). The summed E-state index contributed by atoms with van der Waals surface area (Å²) in [4.78, 5) is 25.3. The molecular formula is C29H28N2O4. The largest absolute Gasteiger partial charge is 0.489 e. The van der Waals surface area contributed by atoms with Crippen LogP contribution >= 0.6 is 0 Å². The topological polar surface area (TPSA) is 94.6 Å². The van der Waals surface area contributed by atoms with Gasteiger partial charge in [0.05, 0.1) is 13.2 Å². The van der Waals surface area contributed by atoms with Crippen molar-refractivity contribution in [2.45, 2.75) is 32.1 Å². The number of para-hydroxylation sites is 1. The molecular weight excluding hydrogens is 440 g/mol. The number of benzene rings is 3. The first-order valence-corrected chi connectivity index (χ1v) is 12.0. The second-order valence-electron chi connectivity index (χ2n) is 8.83. The van der Waals surface area contributed by atoms with E-state index in [9.17, 15) is 9.59 Å². The number of nitrogens with two attached hydrogens (primary N) is 1. The van der Waals surface area contributed by atoms with Gasteiger partial charge in [0.2, 0.25) is 0 Å². The Morgan fingerprint density at radius 3 is 2.69 bits per heavy atom. The van der Waals surface area contributed by atoms with E-state index in [1.807, 2.05) is 30.3 Å². The zero-order chi connectivity index (χ0) is 24.2. The molecule has 0 atom stereocenters. The van der Waals surface area contributed by atoms with E-state index >= 15 is 0 Å². The van der Waals surface area contributed by atoms with E-state index in [1.165, 1.54) is 12.0 Å². The Balaban J connectivity index is 1.23. The monoisotopic (exact) mass is 468 g/mol. The number of ether oxygens (including phenoxy) is 1.